The topological polar surface area (TPSA) is 80.8 Å². The van der Waals surface area contributed by atoms with Crippen molar-refractivity contribution in [3.8, 4) is 5.75 Å². The first-order chi connectivity index (χ1) is 16.1. The maximum Gasteiger partial charge on any atom is 0.340 e. The van der Waals surface area contributed by atoms with E-state index >= 15 is 0 Å². The van der Waals surface area contributed by atoms with Crippen molar-refractivity contribution in [3.63, 3.8) is 0 Å². The number of rotatable bonds is 7. The molecule has 0 spiro atoms. The first-order valence-electron chi connectivity index (χ1n) is 11.4. The smallest absolute Gasteiger partial charge is 0.340 e. The standard InChI is InChI=1S/C26H29N3O4/c1-3-32-26(31)20-11-4-5-12-21(20)27-24(30)17-33-22-13-8-10-19-14-15-23(28-25(19)22)29-16-7-6-9-18(29)2/h4-5,8,10-15,18H,3,6-7,9,16-17H2,1-2H3,(H,27,30). The molecule has 1 fully saturated rings. The lowest BCUT2D eigenvalue weighted by atomic mass is 10.0. The van der Waals surface area contributed by atoms with Crippen LogP contribution in [0, 0.1) is 0 Å². The molecule has 172 valence electrons. The molecule has 2 heterocycles. The molecule has 4 rings (SSSR count). The van der Waals surface area contributed by atoms with Crippen molar-refractivity contribution in [1.29, 1.82) is 0 Å². The van der Waals surface area contributed by atoms with Gasteiger partial charge in [0.25, 0.3) is 5.91 Å². The van der Waals surface area contributed by atoms with Gasteiger partial charge in [-0.3, -0.25) is 4.79 Å². The summed E-state index contributed by atoms with van der Waals surface area (Å²) >= 11 is 0. The van der Waals surface area contributed by atoms with Gasteiger partial charge < -0.3 is 19.7 Å². The number of nitrogens with one attached hydrogen (secondary N) is 1. The van der Waals surface area contributed by atoms with Crippen LogP contribution in [0.2, 0.25) is 0 Å². The predicted molar refractivity (Wildman–Crippen MR) is 129 cm³/mol. The Labute approximate surface area is 193 Å². The van der Waals surface area contributed by atoms with Crippen molar-refractivity contribution in [2.45, 2.75) is 39.2 Å². The second-order valence-electron chi connectivity index (χ2n) is 8.14. The highest BCUT2D eigenvalue weighted by Crippen LogP contribution is 2.29. The van der Waals surface area contributed by atoms with Gasteiger partial charge in [-0.15, -0.1) is 0 Å². The number of hydrogen-bond donors (Lipinski definition) is 1. The van der Waals surface area contributed by atoms with Gasteiger partial charge in [-0.1, -0.05) is 24.3 Å². The number of ether oxygens (including phenoxy) is 2. The van der Waals surface area contributed by atoms with Crippen LogP contribution in [-0.2, 0) is 9.53 Å². The van der Waals surface area contributed by atoms with Gasteiger partial charge >= 0.3 is 5.97 Å². The lowest BCUT2D eigenvalue weighted by Gasteiger charge is -2.34. The second-order valence-corrected chi connectivity index (χ2v) is 8.14. The Hall–Kier alpha value is -3.61. The van der Waals surface area contributed by atoms with Crippen molar-refractivity contribution < 1.29 is 19.1 Å². The third-order valence-electron chi connectivity index (χ3n) is 5.82. The zero-order valence-electron chi connectivity index (χ0n) is 19.0. The number of para-hydroxylation sites is 2. The van der Waals surface area contributed by atoms with E-state index in [4.69, 9.17) is 14.5 Å². The Balaban J connectivity index is 1.49. The highest BCUT2D eigenvalue weighted by atomic mass is 16.5. The lowest BCUT2D eigenvalue weighted by molar-refractivity contribution is -0.118. The van der Waals surface area contributed by atoms with E-state index in [0.717, 1.165) is 36.1 Å². The molecular formula is C26H29N3O4. The number of nitrogens with zero attached hydrogens (tertiary/aromatic N) is 2. The number of hydrogen-bond acceptors (Lipinski definition) is 6. The molecule has 1 aliphatic rings. The number of benzene rings is 2. The normalized spacial score (nSPS) is 15.8. The number of carbonyl (C=O) groups is 2. The SMILES string of the molecule is CCOC(=O)c1ccccc1NC(=O)COc1cccc2ccc(N3CCCCC3C)nc12. The van der Waals surface area contributed by atoms with Crippen LogP contribution in [0.5, 0.6) is 5.75 Å². The van der Waals surface area contributed by atoms with Crippen LogP contribution in [0.25, 0.3) is 10.9 Å². The molecule has 2 aromatic carbocycles. The minimum atomic E-state index is -0.480. The molecule has 1 unspecified atom stereocenters. The Kier molecular flexibility index (Phi) is 7.07. The summed E-state index contributed by atoms with van der Waals surface area (Å²) in [5.74, 6) is 0.628. The van der Waals surface area contributed by atoms with Gasteiger partial charge in [-0.05, 0) is 63.4 Å². The van der Waals surface area contributed by atoms with Gasteiger partial charge in [0.05, 0.1) is 17.9 Å². The number of fused-ring (bicyclic) bond motifs is 1. The number of amides is 1. The minimum absolute atomic E-state index is 0.206. The molecule has 0 saturated carbocycles. The van der Waals surface area contributed by atoms with Gasteiger partial charge in [-0.2, -0.15) is 0 Å². The van der Waals surface area contributed by atoms with Crippen molar-refractivity contribution in [2.75, 3.05) is 30.0 Å². The Morgan fingerprint density at radius 2 is 1.94 bits per heavy atom. The van der Waals surface area contributed by atoms with E-state index in [0.29, 0.717) is 23.0 Å². The fraction of sp³-hybridized carbons (Fsp3) is 0.346. The number of esters is 1. The summed E-state index contributed by atoms with van der Waals surface area (Å²) in [6.07, 6.45) is 3.56. The molecule has 0 radical (unpaired) electrons. The first kappa shape index (κ1) is 22.6. The van der Waals surface area contributed by atoms with Crippen LogP contribution in [0.15, 0.2) is 54.6 Å². The van der Waals surface area contributed by atoms with Crippen molar-refractivity contribution >= 4 is 34.3 Å². The maximum absolute atomic E-state index is 12.6. The van der Waals surface area contributed by atoms with Crippen LogP contribution >= 0.6 is 0 Å². The molecule has 1 saturated heterocycles. The van der Waals surface area contributed by atoms with E-state index in [1.807, 2.05) is 30.3 Å². The zero-order chi connectivity index (χ0) is 23.2. The minimum Gasteiger partial charge on any atom is -0.481 e. The van der Waals surface area contributed by atoms with Gasteiger partial charge in [0.1, 0.15) is 17.1 Å². The molecule has 7 nitrogen and oxygen atoms in total. The molecule has 1 amide bonds. The van der Waals surface area contributed by atoms with E-state index in [1.54, 1.807) is 31.2 Å². The predicted octanol–water partition coefficient (Wildman–Crippen LogP) is 4.81. The van der Waals surface area contributed by atoms with Crippen molar-refractivity contribution in [1.82, 2.24) is 4.98 Å². The highest BCUT2D eigenvalue weighted by molar-refractivity contribution is 6.01. The van der Waals surface area contributed by atoms with Crippen LogP contribution in [0.4, 0.5) is 11.5 Å². The molecule has 33 heavy (non-hydrogen) atoms. The van der Waals surface area contributed by atoms with Gasteiger partial charge in [0.15, 0.2) is 6.61 Å². The van der Waals surface area contributed by atoms with E-state index < -0.39 is 5.97 Å². The van der Waals surface area contributed by atoms with Gasteiger partial charge in [0.2, 0.25) is 0 Å². The van der Waals surface area contributed by atoms with Crippen LogP contribution in [0.3, 0.4) is 0 Å². The number of aromatic nitrogens is 1. The molecule has 1 atom stereocenters. The van der Waals surface area contributed by atoms with Crippen LogP contribution < -0.4 is 15.0 Å². The molecule has 7 heteroatoms. The molecule has 0 bridgehead atoms. The average molecular weight is 448 g/mol. The number of carbonyl (C=O) groups excluding carboxylic acids is 2. The Bertz CT molecular complexity index is 1150. The number of piperidine rings is 1. The summed E-state index contributed by atoms with van der Waals surface area (Å²) < 4.78 is 10.9. The molecule has 0 aliphatic carbocycles. The summed E-state index contributed by atoms with van der Waals surface area (Å²) in [4.78, 5) is 31.9. The van der Waals surface area contributed by atoms with E-state index in [2.05, 4.69) is 17.1 Å². The Morgan fingerprint density at radius 1 is 1.09 bits per heavy atom. The quantitative estimate of drug-likeness (QED) is 0.524. The molecule has 1 N–H and O–H groups in total. The molecule has 1 aliphatic heterocycles. The largest absolute Gasteiger partial charge is 0.481 e. The summed E-state index contributed by atoms with van der Waals surface area (Å²) in [6, 6.07) is 17.0. The molecular weight excluding hydrogens is 418 g/mol. The van der Waals surface area contributed by atoms with E-state index in [1.165, 1.54) is 6.42 Å². The van der Waals surface area contributed by atoms with Crippen molar-refractivity contribution in [3.05, 3.63) is 60.2 Å². The highest BCUT2D eigenvalue weighted by Gasteiger charge is 2.20. The van der Waals surface area contributed by atoms with E-state index in [-0.39, 0.29) is 19.1 Å². The summed E-state index contributed by atoms with van der Waals surface area (Å²) in [7, 11) is 0. The lowest BCUT2D eigenvalue weighted by Crippen LogP contribution is -2.37. The van der Waals surface area contributed by atoms with Crippen LogP contribution in [-0.4, -0.2) is 42.7 Å². The van der Waals surface area contributed by atoms with Crippen molar-refractivity contribution in [2.24, 2.45) is 0 Å². The summed E-state index contributed by atoms with van der Waals surface area (Å²) in [6.45, 7) is 5.01. The third kappa shape index (κ3) is 5.25. The van der Waals surface area contributed by atoms with Gasteiger partial charge in [0, 0.05) is 18.0 Å². The third-order valence-corrected chi connectivity index (χ3v) is 5.82. The van der Waals surface area contributed by atoms with Crippen LogP contribution in [0.1, 0.15) is 43.5 Å². The average Bonchev–Trinajstić information content (AvgIpc) is 2.83. The fourth-order valence-corrected chi connectivity index (χ4v) is 4.13. The molecule has 3 aromatic rings. The Morgan fingerprint density at radius 3 is 2.76 bits per heavy atom. The maximum atomic E-state index is 12.6. The monoisotopic (exact) mass is 447 g/mol. The zero-order valence-corrected chi connectivity index (χ0v) is 19.0. The summed E-state index contributed by atoms with van der Waals surface area (Å²) in [5.41, 5.74) is 1.43. The number of pyridine rings is 1. The fourth-order valence-electron chi connectivity index (χ4n) is 4.13. The van der Waals surface area contributed by atoms with E-state index in [9.17, 15) is 9.59 Å². The van der Waals surface area contributed by atoms with Gasteiger partial charge in [-0.25, -0.2) is 9.78 Å². The molecule has 1 aromatic heterocycles. The second kappa shape index (κ2) is 10.3. The number of anilines is 2. The first-order valence-corrected chi connectivity index (χ1v) is 11.4. The summed E-state index contributed by atoms with van der Waals surface area (Å²) in [5, 5.41) is 3.70.